The number of aryl methyl sites for hydroxylation is 1. The zero-order valence-corrected chi connectivity index (χ0v) is 15.6. The fourth-order valence-electron chi connectivity index (χ4n) is 2.91. The second-order valence-corrected chi connectivity index (χ2v) is 8.24. The number of non-ortho nitro benzene ring substituents is 1. The number of piperazine rings is 1. The van der Waals surface area contributed by atoms with E-state index in [1.807, 2.05) is 4.90 Å². The molecule has 1 aliphatic rings. The molecule has 1 saturated heterocycles. The minimum atomic E-state index is -3.81. The Morgan fingerprint density at radius 3 is 2.50 bits per heavy atom. The monoisotopic (exact) mass is 396 g/mol. The summed E-state index contributed by atoms with van der Waals surface area (Å²) in [6.07, 6.45) is 3.18. The van der Waals surface area contributed by atoms with Gasteiger partial charge in [-0.2, -0.15) is 4.31 Å². The first-order chi connectivity index (χ1) is 12.3. The van der Waals surface area contributed by atoms with Gasteiger partial charge in [-0.15, -0.1) is 0 Å². The van der Waals surface area contributed by atoms with E-state index in [-0.39, 0.29) is 23.7 Å². The first-order valence-electron chi connectivity index (χ1n) is 7.90. The minimum absolute atomic E-state index is 0.0258. The lowest BCUT2D eigenvalue weighted by atomic mass is 10.2. The number of rotatable bonds is 4. The van der Waals surface area contributed by atoms with E-state index in [1.54, 1.807) is 25.4 Å². The van der Waals surface area contributed by atoms with Gasteiger partial charge in [-0.1, -0.05) is 17.7 Å². The molecule has 138 valence electrons. The molecule has 0 N–H and O–H groups in total. The predicted molar refractivity (Wildman–Crippen MR) is 98.1 cm³/mol. The third-order valence-electron chi connectivity index (χ3n) is 4.33. The maximum atomic E-state index is 12.9. The first kappa shape index (κ1) is 18.6. The molecule has 0 spiro atoms. The molecular formula is C16H17ClN4O4S. The quantitative estimate of drug-likeness (QED) is 0.581. The molecule has 1 aromatic carbocycles. The minimum Gasteiger partial charge on any atom is -0.368 e. The van der Waals surface area contributed by atoms with Crippen LogP contribution in [0.25, 0.3) is 0 Å². The molecule has 2 heterocycles. The Labute approximate surface area is 156 Å². The SMILES string of the molecule is Cc1ccc([N+](=O)[O-])cc1S(=O)(=O)N1CCN(c2ccncc2Cl)CC1. The summed E-state index contributed by atoms with van der Waals surface area (Å²) in [7, 11) is -3.81. The topological polar surface area (TPSA) is 96.6 Å². The average Bonchev–Trinajstić information content (AvgIpc) is 2.62. The number of pyridine rings is 1. The van der Waals surface area contributed by atoms with Crippen LogP contribution in [0.5, 0.6) is 0 Å². The Hall–Kier alpha value is -2.23. The van der Waals surface area contributed by atoms with Crippen molar-refractivity contribution >= 4 is 33.0 Å². The summed E-state index contributed by atoms with van der Waals surface area (Å²) in [5, 5.41) is 11.5. The average molecular weight is 397 g/mol. The number of aromatic nitrogens is 1. The normalized spacial score (nSPS) is 15.8. The Morgan fingerprint density at radius 1 is 1.19 bits per heavy atom. The fourth-order valence-corrected chi connectivity index (χ4v) is 4.82. The third kappa shape index (κ3) is 3.50. The summed E-state index contributed by atoms with van der Waals surface area (Å²) in [5.41, 5.74) is 1.05. The Bertz CT molecular complexity index is 943. The van der Waals surface area contributed by atoms with Crippen molar-refractivity contribution in [3.8, 4) is 0 Å². The van der Waals surface area contributed by atoms with Crippen molar-refractivity contribution in [3.63, 3.8) is 0 Å². The third-order valence-corrected chi connectivity index (χ3v) is 6.66. The van der Waals surface area contributed by atoms with E-state index >= 15 is 0 Å². The standard InChI is InChI=1S/C16H17ClN4O4S/c1-12-2-3-13(21(22)23)10-16(12)26(24,25)20-8-6-19(7-9-20)15-4-5-18-11-14(15)17/h2-5,10-11H,6-9H2,1H3. The number of benzene rings is 1. The Balaban J connectivity index is 1.82. The lowest BCUT2D eigenvalue weighted by Crippen LogP contribution is -2.48. The molecule has 0 amide bonds. The molecule has 0 atom stereocenters. The smallest absolute Gasteiger partial charge is 0.270 e. The Kier molecular flexibility index (Phi) is 5.12. The van der Waals surface area contributed by atoms with Gasteiger partial charge in [0, 0.05) is 50.7 Å². The van der Waals surface area contributed by atoms with Crippen molar-refractivity contribution in [2.45, 2.75) is 11.8 Å². The molecule has 3 rings (SSSR count). The van der Waals surface area contributed by atoms with Gasteiger partial charge in [-0.05, 0) is 18.6 Å². The van der Waals surface area contributed by atoms with Gasteiger partial charge in [-0.25, -0.2) is 8.42 Å². The molecule has 0 radical (unpaired) electrons. The number of anilines is 1. The van der Waals surface area contributed by atoms with Crippen molar-refractivity contribution < 1.29 is 13.3 Å². The zero-order chi connectivity index (χ0) is 18.9. The van der Waals surface area contributed by atoms with Crippen molar-refractivity contribution in [1.29, 1.82) is 0 Å². The van der Waals surface area contributed by atoms with Gasteiger partial charge in [0.2, 0.25) is 10.0 Å². The van der Waals surface area contributed by atoms with Gasteiger partial charge in [0.15, 0.2) is 0 Å². The molecule has 0 bridgehead atoms. The van der Waals surface area contributed by atoms with Crippen molar-refractivity contribution in [1.82, 2.24) is 9.29 Å². The molecule has 1 aromatic heterocycles. The first-order valence-corrected chi connectivity index (χ1v) is 9.72. The number of hydrogen-bond acceptors (Lipinski definition) is 6. The van der Waals surface area contributed by atoms with Gasteiger partial charge in [0.1, 0.15) is 0 Å². The van der Waals surface area contributed by atoms with E-state index < -0.39 is 14.9 Å². The second kappa shape index (κ2) is 7.18. The number of hydrogen-bond donors (Lipinski definition) is 0. The molecule has 26 heavy (non-hydrogen) atoms. The highest BCUT2D eigenvalue weighted by Crippen LogP contribution is 2.28. The van der Waals surface area contributed by atoms with Crippen LogP contribution in [0.2, 0.25) is 5.02 Å². The van der Waals surface area contributed by atoms with Crippen LogP contribution in [-0.2, 0) is 10.0 Å². The van der Waals surface area contributed by atoms with Crippen LogP contribution in [-0.4, -0.2) is 48.8 Å². The van der Waals surface area contributed by atoms with Crippen LogP contribution in [0.1, 0.15) is 5.56 Å². The fraction of sp³-hybridized carbons (Fsp3) is 0.312. The van der Waals surface area contributed by atoms with Crippen molar-refractivity contribution in [3.05, 3.63) is 57.4 Å². The van der Waals surface area contributed by atoms with E-state index in [0.717, 1.165) is 11.8 Å². The van der Waals surface area contributed by atoms with Crippen LogP contribution >= 0.6 is 11.6 Å². The van der Waals surface area contributed by atoms with E-state index in [1.165, 1.54) is 16.4 Å². The van der Waals surface area contributed by atoms with Crippen LogP contribution < -0.4 is 4.90 Å². The van der Waals surface area contributed by atoms with Crippen molar-refractivity contribution in [2.24, 2.45) is 0 Å². The van der Waals surface area contributed by atoms with E-state index in [4.69, 9.17) is 11.6 Å². The predicted octanol–water partition coefficient (Wildman–Crippen LogP) is 2.46. The molecule has 0 aliphatic carbocycles. The maximum Gasteiger partial charge on any atom is 0.270 e. The van der Waals surface area contributed by atoms with Gasteiger partial charge < -0.3 is 4.90 Å². The summed E-state index contributed by atoms with van der Waals surface area (Å²) in [6.45, 7) is 3.10. The Morgan fingerprint density at radius 2 is 1.88 bits per heavy atom. The summed E-state index contributed by atoms with van der Waals surface area (Å²) in [5.74, 6) is 0. The summed E-state index contributed by atoms with van der Waals surface area (Å²) in [4.78, 5) is 16.3. The molecule has 0 unspecified atom stereocenters. The van der Waals surface area contributed by atoms with E-state index in [9.17, 15) is 18.5 Å². The largest absolute Gasteiger partial charge is 0.368 e. The van der Waals surface area contributed by atoms with Crippen LogP contribution in [0.4, 0.5) is 11.4 Å². The number of halogens is 1. The summed E-state index contributed by atoms with van der Waals surface area (Å²) >= 11 is 6.15. The van der Waals surface area contributed by atoms with E-state index in [0.29, 0.717) is 23.7 Å². The number of sulfonamides is 1. The number of nitrogens with zero attached hydrogens (tertiary/aromatic N) is 4. The summed E-state index contributed by atoms with van der Waals surface area (Å²) < 4.78 is 27.2. The molecule has 2 aromatic rings. The van der Waals surface area contributed by atoms with Crippen LogP contribution in [0, 0.1) is 17.0 Å². The highest BCUT2D eigenvalue weighted by atomic mass is 35.5. The van der Waals surface area contributed by atoms with Gasteiger partial charge in [0.25, 0.3) is 5.69 Å². The highest BCUT2D eigenvalue weighted by Gasteiger charge is 2.31. The molecular weight excluding hydrogens is 380 g/mol. The molecule has 1 aliphatic heterocycles. The number of nitro groups is 1. The molecule has 8 nitrogen and oxygen atoms in total. The lowest BCUT2D eigenvalue weighted by molar-refractivity contribution is -0.385. The maximum absolute atomic E-state index is 12.9. The van der Waals surface area contributed by atoms with Gasteiger partial charge in [0.05, 0.1) is 20.5 Å². The molecule has 10 heteroatoms. The lowest BCUT2D eigenvalue weighted by Gasteiger charge is -2.35. The van der Waals surface area contributed by atoms with Gasteiger partial charge >= 0.3 is 0 Å². The van der Waals surface area contributed by atoms with E-state index in [2.05, 4.69) is 4.98 Å². The second-order valence-electron chi connectivity index (χ2n) is 5.93. The van der Waals surface area contributed by atoms with Gasteiger partial charge in [-0.3, -0.25) is 15.1 Å². The number of nitro benzene ring substituents is 1. The molecule has 1 fully saturated rings. The molecule has 0 saturated carbocycles. The van der Waals surface area contributed by atoms with Crippen molar-refractivity contribution in [2.75, 3.05) is 31.1 Å². The highest BCUT2D eigenvalue weighted by molar-refractivity contribution is 7.89. The van der Waals surface area contributed by atoms with Crippen LogP contribution in [0.3, 0.4) is 0 Å². The zero-order valence-electron chi connectivity index (χ0n) is 14.0. The van der Waals surface area contributed by atoms with Crippen LogP contribution in [0.15, 0.2) is 41.6 Å². The summed E-state index contributed by atoms with van der Waals surface area (Å²) in [6, 6.07) is 5.67.